The third-order valence-electron chi connectivity index (χ3n) is 3.24. The van der Waals surface area contributed by atoms with Gasteiger partial charge in [0, 0.05) is 37.2 Å². The van der Waals surface area contributed by atoms with E-state index in [0.717, 1.165) is 5.39 Å². The van der Waals surface area contributed by atoms with Crippen LogP contribution < -0.4 is 4.90 Å². The molecule has 0 radical (unpaired) electrons. The summed E-state index contributed by atoms with van der Waals surface area (Å²) in [6.45, 7) is 1.46. The number of pyridine rings is 1. The first-order valence-electron chi connectivity index (χ1n) is 6.64. The molecule has 6 heteroatoms. The fraction of sp³-hybridized carbons (Fsp3) is 0.333. The zero-order valence-electron chi connectivity index (χ0n) is 11.8. The molecule has 2 N–H and O–H groups in total. The second-order valence-corrected chi connectivity index (χ2v) is 4.55. The molecule has 0 saturated carbocycles. The predicted molar refractivity (Wildman–Crippen MR) is 79.9 cm³/mol. The van der Waals surface area contributed by atoms with E-state index in [-0.39, 0.29) is 12.2 Å². The number of methoxy groups -OCH3 is 1. The Morgan fingerprint density at radius 1 is 1.29 bits per heavy atom. The molecule has 0 bridgehead atoms. The minimum Gasteiger partial charge on any atom is -0.478 e. The van der Waals surface area contributed by atoms with Gasteiger partial charge >= 0.3 is 5.97 Å². The van der Waals surface area contributed by atoms with Crippen molar-refractivity contribution in [3.05, 3.63) is 36.0 Å². The van der Waals surface area contributed by atoms with E-state index in [1.807, 2.05) is 17.0 Å². The predicted octanol–water partition coefficient (Wildman–Crippen LogP) is 1.38. The van der Waals surface area contributed by atoms with Crippen LogP contribution in [0.1, 0.15) is 10.4 Å². The van der Waals surface area contributed by atoms with Crippen molar-refractivity contribution in [1.82, 2.24) is 4.98 Å². The highest BCUT2D eigenvalue weighted by Crippen LogP contribution is 2.27. The van der Waals surface area contributed by atoms with Crippen molar-refractivity contribution < 1.29 is 19.7 Å². The van der Waals surface area contributed by atoms with Gasteiger partial charge in [-0.15, -0.1) is 0 Å². The van der Waals surface area contributed by atoms with E-state index >= 15 is 0 Å². The summed E-state index contributed by atoms with van der Waals surface area (Å²) in [6.07, 6.45) is 1.36. The van der Waals surface area contributed by atoms with Gasteiger partial charge in [0.2, 0.25) is 0 Å². The van der Waals surface area contributed by atoms with E-state index in [0.29, 0.717) is 30.9 Å². The Morgan fingerprint density at radius 2 is 2.00 bits per heavy atom. The first-order chi connectivity index (χ1) is 10.2. The van der Waals surface area contributed by atoms with Gasteiger partial charge in [-0.3, -0.25) is 0 Å². The van der Waals surface area contributed by atoms with E-state index < -0.39 is 5.97 Å². The lowest BCUT2D eigenvalue weighted by Crippen LogP contribution is -2.31. The number of fused-ring (bicyclic) bond motifs is 1. The van der Waals surface area contributed by atoms with Gasteiger partial charge < -0.3 is 19.8 Å². The maximum atomic E-state index is 11.3. The van der Waals surface area contributed by atoms with Gasteiger partial charge in [-0.2, -0.15) is 0 Å². The summed E-state index contributed by atoms with van der Waals surface area (Å²) >= 11 is 0. The normalized spacial score (nSPS) is 10.8. The molecule has 0 spiro atoms. The minimum atomic E-state index is -1.00. The number of anilines is 1. The van der Waals surface area contributed by atoms with Crippen molar-refractivity contribution in [3.63, 3.8) is 0 Å². The average molecular weight is 290 g/mol. The molecule has 2 rings (SSSR count). The standard InChI is InChI=1S/C15H18N2O4/c1-21-9-7-17(6-8-18)14-12-5-3-2-4-11(12)13(10-16-14)15(19)20/h2-5,10,18H,6-9H2,1H3,(H,19,20). The summed E-state index contributed by atoms with van der Waals surface area (Å²) in [4.78, 5) is 17.4. The minimum absolute atomic E-state index is 0.0135. The topological polar surface area (TPSA) is 82.9 Å². The van der Waals surface area contributed by atoms with Crippen LogP contribution in [0.3, 0.4) is 0 Å². The molecule has 21 heavy (non-hydrogen) atoms. The number of rotatable bonds is 7. The van der Waals surface area contributed by atoms with Crippen molar-refractivity contribution in [2.24, 2.45) is 0 Å². The second-order valence-electron chi connectivity index (χ2n) is 4.55. The van der Waals surface area contributed by atoms with Crippen LogP contribution in [0.15, 0.2) is 30.5 Å². The SMILES string of the molecule is COCCN(CCO)c1ncc(C(=O)O)c2ccccc12. The highest BCUT2D eigenvalue weighted by atomic mass is 16.5. The number of hydrogen-bond acceptors (Lipinski definition) is 5. The molecule has 0 aliphatic heterocycles. The Labute approximate surface area is 122 Å². The highest BCUT2D eigenvalue weighted by Gasteiger charge is 2.16. The zero-order valence-corrected chi connectivity index (χ0v) is 11.8. The number of ether oxygens (including phenoxy) is 1. The first kappa shape index (κ1) is 15.2. The molecule has 0 saturated heterocycles. The molecule has 0 fully saturated rings. The van der Waals surface area contributed by atoms with Crippen molar-refractivity contribution in [2.45, 2.75) is 0 Å². The fourth-order valence-electron chi connectivity index (χ4n) is 2.25. The maximum Gasteiger partial charge on any atom is 0.337 e. The number of hydrogen-bond donors (Lipinski definition) is 2. The number of carboxylic acids is 1. The quantitative estimate of drug-likeness (QED) is 0.801. The van der Waals surface area contributed by atoms with Gasteiger partial charge in [0.15, 0.2) is 0 Å². The average Bonchev–Trinajstić information content (AvgIpc) is 2.50. The Hall–Kier alpha value is -2.18. The number of aliphatic hydroxyl groups excluding tert-OH is 1. The number of carbonyl (C=O) groups is 1. The summed E-state index contributed by atoms with van der Waals surface area (Å²) in [6, 6.07) is 7.23. The van der Waals surface area contributed by atoms with Crippen LogP contribution in [0, 0.1) is 0 Å². The molecule has 0 unspecified atom stereocenters. The molecule has 0 atom stereocenters. The lowest BCUT2D eigenvalue weighted by Gasteiger charge is -2.24. The molecular formula is C15H18N2O4. The smallest absolute Gasteiger partial charge is 0.337 e. The number of aliphatic hydroxyl groups is 1. The van der Waals surface area contributed by atoms with Gasteiger partial charge in [0.25, 0.3) is 0 Å². The Morgan fingerprint density at radius 3 is 2.62 bits per heavy atom. The Balaban J connectivity index is 2.52. The molecular weight excluding hydrogens is 272 g/mol. The van der Waals surface area contributed by atoms with E-state index in [2.05, 4.69) is 4.98 Å². The zero-order chi connectivity index (χ0) is 15.2. The van der Waals surface area contributed by atoms with Gasteiger partial charge in [-0.1, -0.05) is 24.3 Å². The van der Waals surface area contributed by atoms with E-state index in [1.165, 1.54) is 6.20 Å². The van der Waals surface area contributed by atoms with Crippen LogP contribution in [0.2, 0.25) is 0 Å². The number of carboxylic acid groups (broad SMARTS) is 1. The van der Waals surface area contributed by atoms with Crippen LogP contribution in [0.25, 0.3) is 10.8 Å². The number of nitrogens with zero attached hydrogens (tertiary/aromatic N) is 2. The van der Waals surface area contributed by atoms with E-state index in [4.69, 9.17) is 4.74 Å². The molecule has 1 aromatic carbocycles. The summed E-state index contributed by atoms with van der Waals surface area (Å²) < 4.78 is 5.07. The van der Waals surface area contributed by atoms with Crippen molar-refractivity contribution in [3.8, 4) is 0 Å². The van der Waals surface area contributed by atoms with Crippen molar-refractivity contribution >= 4 is 22.6 Å². The van der Waals surface area contributed by atoms with Crippen LogP contribution in [-0.2, 0) is 4.74 Å². The van der Waals surface area contributed by atoms with Crippen molar-refractivity contribution in [2.75, 3.05) is 38.3 Å². The highest BCUT2D eigenvalue weighted by molar-refractivity contribution is 6.06. The third kappa shape index (κ3) is 3.29. The maximum absolute atomic E-state index is 11.3. The summed E-state index contributed by atoms with van der Waals surface area (Å²) in [7, 11) is 1.61. The monoisotopic (exact) mass is 290 g/mol. The summed E-state index contributed by atoms with van der Waals surface area (Å²) in [5.74, 6) is -0.349. The van der Waals surface area contributed by atoms with Crippen LogP contribution >= 0.6 is 0 Å². The molecule has 2 aromatic rings. The van der Waals surface area contributed by atoms with E-state index in [9.17, 15) is 15.0 Å². The summed E-state index contributed by atoms with van der Waals surface area (Å²) in [5.41, 5.74) is 0.171. The molecule has 0 aliphatic carbocycles. The lowest BCUT2D eigenvalue weighted by atomic mass is 10.1. The van der Waals surface area contributed by atoms with Gasteiger partial charge in [0.05, 0.1) is 18.8 Å². The van der Waals surface area contributed by atoms with Crippen LogP contribution in [-0.4, -0.2) is 54.6 Å². The fourth-order valence-corrected chi connectivity index (χ4v) is 2.25. The number of aromatic carboxylic acids is 1. The largest absolute Gasteiger partial charge is 0.478 e. The molecule has 0 aliphatic rings. The number of aromatic nitrogens is 1. The second kappa shape index (κ2) is 7.01. The molecule has 1 heterocycles. The molecule has 1 aromatic heterocycles. The van der Waals surface area contributed by atoms with E-state index in [1.54, 1.807) is 19.2 Å². The van der Waals surface area contributed by atoms with Crippen LogP contribution in [0.4, 0.5) is 5.82 Å². The third-order valence-corrected chi connectivity index (χ3v) is 3.24. The van der Waals surface area contributed by atoms with Gasteiger partial charge in [-0.05, 0) is 0 Å². The Bertz CT molecular complexity index is 630. The number of benzene rings is 1. The molecule has 112 valence electrons. The van der Waals surface area contributed by atoms with Gasteiger partial charge in [-0.25, -0.2) is 9.78 Å². The van der Waals surface area contributed by atoms with Crippen molar-refractivity contribution in [1.29, 1.82) is 0 Å². The van der Waals surface area contributed by atoms with Gasteiger partial charge in [0.1, 0.15) is 5.82 Å². The summed E-state index contributed by atoms with van der Waals surface area (Å²) in [5, 5.41) is 19.8. The Kier molecular flexibility index (Phi) is 5.08. The first-order valence-corrected chi connectivity index (χ1v) is 6.64. The molecule has 6 nitrogen and oxygen atoms in total. The lowest BCUT2D eigenvalue weighted by molar-refractivity contribution is 0.0698. The van der Waals surface area contributed by atoms with Crippen LogP contribution in [0.5, 0.6) is 0 Å². The molecule has 0 amide bonds.